The van der Waals surface area contributed by atoms with Gasteiger partial charge in [0.1, 0.15) is 18.3 Å². The molecule has 2 amide bonds. The van der Waals surface area contributed by atoms with E-state index in [-0.39, 0.29) is 35.5 Å². The van der Waals surface area contributed by atoms with Gasteiger partial charge in [0.15, 0.2) is 0 Å². The number of nitrogens with zero attached hydrogens (tertiary/aromatic N) is 2. The minimum Gasteiger partial charge on any atom is -0.497 e. The third kappa shape index (κ3) is 8.65. The summed E-state index contributed by atoms with van der Waals surface area (Å²) < 4.78 is 34.6. The molecule has 0 aromatic heterocycles. The fraction of sp³-hybridized carbons (Fsp3) is 0.257. The van der Waals surface area contributed by atoms with Gasteiger partial charge in [-0.25, -0.2) is 8.42 Å². The minimum absolute atomic E-state index is 0.0114. The van der Waals surface area contributed by atoms with Gasteiger partial charge in [-0.3, -0.25) is 13.9 Å². The number of rotatable bonds is 13. The van der Waals surface area contributed by atoms with Crippen LogP contribution >= 0.6 is 11.6 Å². The normalized spacial score (nSPS) is 12.0. The number of hydrogen-bond acceptors (Lipinski definition) is 5. The zero-order valence-corrected chi connectivity index (χ0v) is 27.4. The molecule has 0 saturated carbocycles. The molecule has 1 atom stereocenters. The first-order chi connectivity index (χ1) is 21.5. The maximum Gasteiger partial charge on any atom is 0.264 e. The van der Waals surface area contributed by atoms with Gasteiger partial charge >= 0.3 is 0 Å². The van der Waals surface area contributed by atoms with Crippen molar-refractivity contribution in [3.05, 3.63) is 125 Å². The number of carbonyl (C=O) groups is 2. The summed E-state index contributed by atoms with van der Waals surface area (Å²) in [5, 5.41) is 3.37. The van der Waals surface area contributed by atoms with Crippen LogP contribution in [0.25, 0.3) is 0 Å². The smallest absolute Gasteiger partial charge is 0.264 e. The Bertz CT molecular complexity index is 1700. The van der Waals surface area contributed by atoms with E-state index >= 15 is 0 Å². The number of amides is 2. The fourth-order valence-electron chi connectivity index (χ4n) is 4.86. The first kappa shape index (κ1) is 33.6. The summed E-state index contributed by atoms with van der Waals surface area (Å²) in [6.07, 6.45) is 0.211. The Morgan fingerprint density at radius 3 is 2.09 bits per heavy atom. The molecule has 0 aliphatic rings. The first-order valence-corrected chi connectivity index (χ1v) is 16.4. The number of aryl methyl sites for hydroxylation is 1. The fourth-order valence-corrected chi connectivity index (χ4v) is 6.47. The van der Waals surface area contributed by atoms with Crippen LogP contribution in [-0.4, -0.2) is 50.9 Å². The Balaban J connectivity index is 1.81. The summed E-state index contributed by atoms with van der Waals surface area (Å²) in [5.74, 6) is -0.390. The molecule has 1 N–H and O–H groups in total. The van der Waals surface area contributed by atoms with E-state index in [1.54, 1.807) is 60.7 Å². The van der Waals surface area contributed by atoms with Gasteiger partial charge in [-0.15, -0.1) is 0 Å². The van der Waals surface area contributed by atoms with Gasteiger partial charge in [0.2, 0.25) is 11.8 Å². The van der Waals surface area contributed by atoms with Crippen molar-refractivity contribution >= 4 is 39.1 Å². The van der Waals surface area contributed by atoms with E-state index in [0.29, 0.717) is 16.3 Å². The van der Waals surface area contributed by atoms with E-state index in [2.05, 4.69) is 5.32 Å². The predicted molar refractivity (Wildman–Crippen MR) is 178 cm³/mol. The second-order valence-electron chi connectivity index (χ2n) is 11.0. The van der Waals surface area contributed by atoms with E-state index < -0.39 is 28.5 Å². The number of nitrogens with one attached hydrogen (secondary N) is 1. The molecule has 236 valence electrons. The van der Waals surface area contributed by atoms with E-state index in [0.717, 1.165) is 15.4 Å². The third-order valence-corrected chi connectivity index (χ3v) is 9.41. The summed E-state index contributed by atoms with van der Waals surface area (Å²) in [5.41, 5.74) is 2.64. The molecule has 0 aliphatic carbocycles. The molecular formula is C35H38ClN3O5S. The van der Waals surface area contributed by atoms with Gasteiger partial charge in [0.05, 0.1) is 17.7 Å². The largest absolute Gasteiger partial charge is 0.497 e. The van der Waals surface area contributed by atoms with Crippen molar-refractivity contribution in [2.45, 2.75) is 50.7 Å². The van der Waals surface area contributed by atoms with Gasteiger partial charge in [-0.2, -0.15) is 0 Å². The van der Waals surface area contributed by atoms with E-state index in [1.165, 1.54) is 24.1 Å². The van der Waals surface area contributed by atoms with Crippen LogP contribution in [0.3, 0.4) is 0 Å². The van der Waals surface area contributed by atoms with Crippen LogP contribution in [0, 0.1) is 6.92 Å². The second-order valence-corrected chi connectivity index (χ2v) is 13.3. The Hall–Kier alpha value is -4.34. The Labute approximate surface area is 270 Å². The zero-order valence-electron chi connectivity index (χ0n) is 25.8. The van der Waals surface area contributed by atoms with Crippen LogP contribution in [0.5, 0.6) is 5.75 Å². The van der Waals surface area contributed by atoms with Gasteiger partial charge in [0.25, 0.3) is 10.0 Å². The maximum absolute atomic E-state index is 14.5. The zero-order chi connectivity index (χ0) is 32.6. The van der Waals surface area contributed by atoms with Crippen molar-refractivity contribution in [3.8, 4) is 5.75 Å². The molecule has 0 radical (unpaired) electrons. The predicted octanol–water partition coefficient (Wildman–Crippen LogP) is 6.02. The number of halogens is 1. The average Bonchev–Trinajstić information content (AvgIpc) is 3.02. The molecule has 0 spiro atoms. The highest BCUT2D eigenvalue weighted by atomic mass is 35.5. The van der Waals surface area contributed by atoms with Crippen LogP contribution in [0.4, 0.5) is 5.69 Å². The number of hydrogen-bond donors (Lipinski definition) is 1. The van der Waals surface area contributed by atoms with Crippen molar-refractivity contribution in [1.82, 2.24) is 10.2 Å². The lowest BCUT2D eigenvalue weighted by molar-refractivity contribution is -0.140. The van der Waals surface area contributed by atoms with E-state index in [1.807, 2.05) is 51.1 Å². The first-order valence-electron chi connectivity index (χ1n) is 14.6. The Morgan fingerprint density at radius 2 is 1.49 bits per heavy atom. The van der Waals surface area contributed by atoms with Crippen LogP contribution in [-0.2, 0) is 32.6 Å². The van der Waals surface area contributed by atoms with Gasteiger partial charge in [0, 0.05) is 24.0 Å². The number of ether oxygens (including phenoxy) is 1. The molecule has 0 heterocycles. The van der Waals surface area contributed by atoms with Crippen molar-refractivity contribution in [2.24, 2.45) is 0 Å². The summed E-state index contributed by atoms with van der Waals surface area (Å²) >= 11 is 6.54. The SMILES string of the molecule is COc1ccc(N(CC(=O)N(Cc2ccccc2Cl)[C@@H](Cc2ccccc2)C(=O)NC(C)C)S(=O)(=O)c2ccc(C)cc2)cc1. The molecule has 0 bridgehead atoms. The molecule has 0 aliphatic heterocycles. The standard InChI is InChI=1S/C35H38ClN3O5S/c1-25(2)37-35(41)33(22-27-10-6-5-7-11-27)38(23-28-12-8-9-13-32(28)36)34(40)24-39(29-16-18-30(44-4)19-17-29)45(42,43)31-20-14-26(3)15-21-31/h5-21,25,33H,22-24H2,1-4H3,(H,37,41)/t33-/m0/s1. The van der Waals surface area contributed by atoms with Gasteiger partial charge in [-0.1, -0.05) is 77.8 Å². The van der Waals surface area contributed by atoms with Gasteiger partial charge in [-0.05, 0) is 74.4 Å². The number of methoxy groups -OCH3 is 1. The average molecular weight is 648 g/mol. The molecule has 4 rings (SSSR count). The third-order valence-electron chi connectivity index (χ3n) is 7.25. The molecule has 45 heavy (non-hydrogen) atoms. The topological polar surface area (TPSA) is 96.0 Å². The number of anilines is 1. The van der Waals surface area contributed by atoms with Crippen LogP contribution in [0.2, 0.25) is 5.02 Å². The highest BCUT2D eigenvalue weighted by Crippen LogP contribution is 2.28. The molecular weight excluding hydrogens is 610 g/mol. The summed E-state index contributed by atoms with van der Waals surface area (Å²) in [4.78, 5) is 29.7. The number of carbonyl (C=O) groups excluding carboxylic acids is 2. The van der Waals surface area contributed by atoms with Crippen molar-refractivity contribution in [1.29, 1.82) is 0 Å². The molecule has 10 heteroatoms. The van der Waals surface area contributed by atoms with Crippen LogP contribution in [0.15, 0.2) is 108 Å². The maximum atomic E-state index is 14.5. The Kier molecular flexibility index (Phi) is 11.3. The molecule has 0 saturated heterocycles. The van der Waals surface area contributed by atoms with Crippen LogP contribution in [0.1, 0.15) is 30.5 Å². The highest BCUT2D eigenvalue weighted by Gasteiger charge is 2.35. The molecule has 4 aromatic rings. The monoisotopic (exact) mass is 647 g/mol. The lowest BCUT2D eigenvalue weighted by Crippen LogP contribution is -2.54. The van der Waals surface area contributed by atoms with Gasteiger partial charge < -0.3 is 15.0 Å². The lowest BCUT2D eigenvalue weighted by Gasteiger charge is -2.34. The molecule has 0 unspecified atom stereocenters. The second kappa shape index (κ2) is 15.1. The summed E-state index contributed by atoms with van der Waals surface area (Å²) in [7, 11) is -2.69. The molecule has 4 aromatic carbocycles. The molecule has 8 nitrogen and oxygen atoms in total. The summed E-state index contributed by atoms with van der Waals surface area (Å²) in [6, 6.07) is 28.2. The van der Waals surface area contributed by atoms with E-state index in [4.69, 9.17) is 16.3 Å². The van der Waals surface area contributed by atoms with Crippen LogP contribution < -0.4 is 14.4 Å². The number of sulfonamides is 1. The Morgan fingerprint density at radius 1 is 0.867 bits per heavy atom. The lowest BCUT2D eigenvalue weighted by atomic mass is 10.0. The van der Waals surface area contributed by atoms with Crippen molar-refractivity contribution in [3.63, 3.8) is 0 Å². The quantitative estimate of drug-likeness (QED) is 0.192. The molecule has 0 fully saturated rings. The summed E-state index contributed by atoms with van der Waals surface area (Å²) in [6.45, 7) is 4.98. The van der Waals surface area contributed by atoms with Crippen molar-refractivity contribution < 1.29 is 22.7 Å². The number of benzene rings is 4. The minimum atomic E-state index is -4.21. The van der Waals surface area contributed by atoms with Crippen molar-refractivity contribution in [2.75, 3.05) is 18.0 Å². The van der Waals surface area contributed by atoms with E-state index in [9.17, 15) is 18.0 Å². The highest BCUT2D eigenvalue weighted by molar-refractivity contribution is 7.92.